The van der Waals surface area contributed by atoms with Crippen molar-refractivity contribution in [3.05, 3.63) is 30.1 Å². The van der Waals surface area contributed by atoms with Gasteiger partial charge in [-0.2, -0.15) is 0 Å². The van der Waals surface area contributed by atoms with Gasteiger partial charge in [0.05, 0.1) is 0 Å². The number of hydrogen-bond acceptors (Lipinski definition) is 2. The lowest BCUT2D eigenvalue weighted by Crippen LogP contribution is -2.21. The zero-order chi connectivity index (χ0) is 9.10. The van der Waals surface area contributed by atoms with Gasteiger partial charge in [0.1, 0.15) is 11.0 Å². The predicted octanol–water partition coefficient (Wildman–Crippen LogP) is 2.06. The molecule has 0 aliphatic carbocycles. The first-order valence-electron chi connectivity index (χ1n) is 4.65. The van der Waals surface area contributed by atoms with Crippen molar-refractivity contribution in [1.29, 1.82) is 0 Å². The van der Waals surface area contributed by atoms with E-state index in [2.05, 4.69) is 4.98 Å². The average Bonchev–Trinajstić information content (AvgIpc) is 2.20. The van der Waals surface area contributed by atoms with E-state index >= 15 is 0 Å². The minimum atomic E-state index is -0.669. The minimum Gasteiger partial charge on any atom is -0.616 e. The van der Waals surface area contributed by atoms with E-state index in [9.17, 15) is 4.55 Å². The summed E-state index contributed by atoms with van der Waals surface area (Å²) in [6, 6.07) is 3.95. The SMILES string of the molecule is [O-][S+]1CCCCC1c1cccnc1. The smallest absolute Gasteiger partial charge is 0.142 e. The van der Waals surface area contributed by atoms with Crippen LogP contribution in [-0.2, 0) is 11.2 Å². The molecule has 2 heterocycles. The second-order valence-corrected chi connectivity index (χ2v) is 5.09. The second kappa shape index (κ2) is 4.11. The molecule has 2 nitrogen and oxygen atoms in total. The Balaban J connectivity index is 2.15. The molecule has 1 aliphatic rings. The summed E-state index contributed by atoms with van der Waals surface area (Å²) in [7, 11) is 0. The molecule has 0 saturated carbocycles. The van der Waals surface area contributed by atoms with Crippen molar-refractivity contribution in [3.63, 3.8) is 0 Å². The molecule has 70 valence electrons. The molecule has 2 atom stereocenters. The van der Waals surface area contributed by atoms with E-state index < -0.39 is 11.2 Å². The highest BCUT2D eigenvalue weighted by molar-refractivity contribution is 7.91. The fourth-order valence-corrected chi connectivity index (χ4v) is 3.38. The fourth-order valence-electron chi connectivity index (χ4n) is 1.73. The molecule has 0 radical (unpaired) electrons. The van der Waals surface area contributed by atoms with Crippen molar-refractivity contribution < 1.29 is 4.55 Å². The van der Waals surface area contributed by atoms with Gasteiger partial charge in [0.2, 0.25) is 0 Å². The molecule has 0 spiro atoms. The van der Waals surface area contributed by atoms with Gasteiger partial charge in [-0.25, -0.2) is 0 Å². The standard InChI is InChI=1S/C10H13NOS/c12-13-7-2-1-5-10(13)9-4-3-6-11-8-9/h3-4,6,8,10H,1-2,5,7H2. The molecule has 0 amide bonds. The Morgan fingerprint density at radius 2 is 2.38 bits per heavy atom. The van der Waals surface area contributed by atoms with Gasteiger partial charge in [0.25, 0.3) is 0 Å². The molecule has 2 unspecified atom stereocenters. The summed E-state index contributed by atoms with van der Waals surface area (Å²) >= 11 is -0.669. The minimum absolute atomic E-state index is 0.238. The number of pyridine rings is 1. The Morgan fingerprint density at radius 1 is 1.46 bits per heavy atom. The van der Waals surface area contributed by atoms with Crippen LogP contribution in [0.4, 0.5) is 0 Å². The first-order valence-corrected chi connectivity index (χ1v) is 6.03. The van der Waals surface area contributed by atoms with Gasteiger partial charge in [0.15, 0.2) is 0 Å². The maximum atomic E-state index is 11.7. The van der Waals surface area contributed by atoms with Gasteiger partial charge < -0.3 is 4.55 Å². The number of rotatable bonds is 1. The van der Waals surface area contributed by atoms with E-state index in [1.165, 1.54) is 6.42 Å². The third kappa shape index (κ3) is 2.03. The summed E-state index contributed by atoms with van der Waals surface area (Å²) in [6.45, 7) is 0. The average molecular weight is 195 g/mol. The summed E-state index contributed by atoms with van der Waals surface area (Å²) < 4.78 is 11.7. The second-order valence-electron chi connectivity index (χ2n) is 3.36. The van der Waals surface area contributed by atoms with Crippen LogP contribution in [0, 0.1) is 0 Å². The molecule has 1 aliphatic heterocycles. The van der Waals surface area contributed by atoms with Crippen LogP contribution in [0.1, 0.15) is 30.1 Å². The molecule has 3 heteroatoms. The van der Waals surface area contributed by atoms with E-state index in [1.54, 1.807) is 6.20 Å². The lowest BCUT2D eigenvalue weighted by Gasteiger charge is -2.25. The van der Waals surface area contributed by atoms with Crippen LogP contribution in [0.15, 0.2) is 24.5 Å². The van der Waals surface area contributed by atoms with Gasteiger partial charge >= 0.3 is 0 Å². The highest BCUT2D eigenvalue weighted by atomic mass is 32.2. The van der Waals surface area contributed by atoms with Crippen molar-refractivity contribution in [3.8, 4) is 0 Å². The zero-order valence-corrected chi connectivity index (χ0v) is 8.30. The highest BCUT2D eigenvalue weighted by Crippen LogP contribution is 2.32. The van der Waals surface area contributed by atoms with Gasteiger partial charge in [-0.3, -0.25) is 4.98 Å². The molecule has 0 N–H and O–H groups in total. The molecule has 0 bridgehead atoms. The van der Waals surface area contributed by atoms with E-state index in [0.717, 1.165) is 24.2 Å². The number of hydrogen-bond donors (Lipinski definition) is 0. The summed E-state index contributed by atoms with van der Waals surface area (Å²) in [5.74, 6) is 0.861. The van der Waals surface area contributed by atoms with Crippen LogP contribution in [0.2, 0.25) is 0 Å². The largest absolute Gasteiger partial charge is 0.616 e. The van der Waals surface area contributed by atoms with Crippen LogP contribution < -0.4 is 0 Å². The molecule has 2 rings (SSSR count). The lowest BCUT2D eigenvalue weighted by atomic mass is 10.1. The fraction of sp³-hybridized carbons (Fsp3) is 0.500. The Hall–Kier alpha value is -0.540. The summed E-state index contributed by atoms with van der Waals surface area (Å²) in [5.41, 5.74) is 1.14. The Bertz CT molecular complexity index is 265. The highest BCUT2D eigenvalue weighted by Gasteiger charge is 2.27. The van der Waals surface area contributed by atoms with Crippen LogP contribution >= 0.6 is 0 Å². The first kappa shape index (κ1) is 9.03. The van der Waals surface area contributed by atoms with Crippen LogP contribution in [0.3, 0.4) is 0 Å². The number of nitrogens with zero attached hydrogens (tertiary/aromatic N) is 1. The van der Waals surface area contributed by atoms with Crippen molar-refractivity contribution in [1.82, 2.24) is 4.98 Å². The molecule has 1 aromatic rings. The maximum Gasteiger partial charge on any atom is 0.142 e. The third-order valence-electron chi connectivity index (χ3n) is 2.44. The Morgan fingerprint density at radius 3 is 3.08 bits per heavy atom. The van der Waals surface area contributed by atoms with E-state index in [-0.39, 0.29) is 5.25 Å². The molecule has 1 saturated heterocycles. The first-order chi connectivity index (χ1) is 6.38. The van der Waals surface area contributed by atoms with Gasteiger partial charge in [-0.15, -0.1) is 0 Å². The van der Waals surface area contributed by atoms with Crippen molar-refractivity contribution in [2.75, 3.05) is 5.75 Å². The molecular weight excluding hydrogens is 182 g/mol. The van der Waals surface area contributed by atoms with Crippen molar-refractivity contribution >= 4 is 11.2 Å². The third-order valence-corrected chi connectivity index (χ3v) is 4.27. The quantitative estimate of drug-likeness (QED) is 0.643. The summed E-state index contributed by atoms with van der Waals surface area (Å²) in [5, 5.41) is 0.238. The van der Waals surface area contributed by atoms with Gasteiger partial charge in [0, 0.05) is 18.0 Å². The van der Waals surface area contributed by atoms with Crippen LogP contribution in [-0.4, -0.2) is 15.3 Å². The Kier molecular flexibility index (Phi) is 2.86. The molecule has 0 aromatic carbocycles. The van der Waals surface area contributed by atoms with Crippen molar-refractivity contribution in [2.24, 2.45) is 0 Å². The maximum absolute atomic E-state index is 11.7. The van der Waals surface area contributed by atoms with E-state index in [1.807, 2.05) is 18.3 Å². The lowest BCUT2D eigenvalue weighted by molar-refractivity contribution is 0.545. The molecule has 1 aromatic heterocycles. The van der Waals surface area contributed by atoms with Gasteiger partial charge in [-0.1, -0.05) is 6.07 Å². The van der Waals surface area contributed by atoms with E-state index in [0.29, 0.717) is 0 Å². The molecule has 1 fully saturated rings. The zero-order valence-electron chi connectivity index (χ0n) is 7.48. The Labute approximate surface area is 81.6 Å². The van der Waals surface area contributed by atoms with E-state index in [4.69, 9.17) is 0 Å². The van der Waals surface area contributed by atoms with Crippen LogP contribution in [0.5, 0.6) is 0 Å². The normalized spacial score (nSPS) is 28.7. The van der Waals surface area contributed by atoms with Crippen LogP contribution in [0.25, 0.3) is 0 Å². The van der Waals surface area contributed by atoms with Gasteiger partial charge in [-0.05, 0) is 36.5 Å². The van der Waals surface area contributed by atoms with Crippen molar-refractivity contribution in [2.45, 2.75) is 24.5 Å². The predicted molar refractivity (Wildman–Crippen MR) is 53.8 cm³/mol. The summed E-state index contributed by atoms with van der Waals surface area (Å²) in [6.07, 6.45) is 6.97. The summed E-state index contributed by atoms with van der Waals surface area (Å²) in [4.78, 5) is 4.06. The molecular formula is C10H13NOS. The molecule has 13 heavy (non-hydrogen) atoms. The number of aromatic nitrogens is 1. The topological polar surface area (TPSA) is 36.0 Å². The monoisotopic (exact) mass is 195 g/mol.